The van der Waals surface area contributed by atoms with Gasteiger partial charge in [0.05, 0.1) is 0 Å². The van der Waals surface area contributed by atoms with Crippen molar-refractivity contribution in [3.63, 3.8) is 0 Å². The van der Waals surface area contributed by atoms with E-state index in [2.05, 4.69) is 25.6 Å². The van der Waals surface area contributed by atoms with Gasteiger partial charge in [0, 0.05) is 25.5 Å². The van der Waals surface area contributed by atoms with Crippen molar-refractivity contribution in [2.75, 3.05) is 11.9 Å². The quantitative estimate of drug-likeness (QED) is 0.773. The Hall–Kier alpha value is -2.65. The Balaban J connectivity index is 1.70. The average molecular weight is 339 g/mol. The Bertz CT molecular complexity index is 836. The molecule has 1 atom stereocenters. The van der Waals surface area contributed by atoms with Crippen molar-refractivity contribution in [2.24, 2.45) is 5.92 Å². The zero-order chi connectivity index (χ0) is 17.3. The van der Waals surface area contributed by atoms with E-state index in [1.165, 1.54) is 6.07 Å². The van der Waals surface area contributed by atoms with E-state index in [1.54, 1.807) is 12.3 Å². The van der Waals surface area contributed by atoms with Crippen molar-refractivity contribution < 1.29 is 13.2 Å². The number of rotatable bonds is 5. The molecule has 0 bridgehead atoms. The second kappa shape index (κ2) is 6.10. The largest absolute Gasteiger partial charge is 0.453 e. The van der Waals surface area contributed by atoms with Crippen molar-refractivity contribution in [1.82, 2.24) is 29.4 Å². The molecule has 0 unspecified atom stereocenters. The zero-order valence-electron chi connectivity index (χ0n) is 13.1. The first kappa shape index (κ1) is 16.2. The molecule has 0 spiro atoms. The molecule has 0 aliphatic rings. The minimum absolute atomic E-state index is 0.0509. The summed E-state index contributed by atoms with van der Waals surface area (Å²) in [5.41, 5.74) is 0.0509. The van der Waals surface area contributed by atoms with Gasteiger partial charge in [-0.15, -0.1) is 15.3 Å². The minimum atomic E-state index is -4.60. The van der Waals surface area contributed by atoms with Crippen LogP contribution in [0.25, 0.3) is 5.65 Å². The predicted molar refractivity (Wildman–Crippen MR) is 80.4 cm³/mol. The second-order valence-electron chi connectivity index (χ2n) is 5.62. The first-order chi connectivity index (χ1) is 11.3. The molecule has 10 heteroatoms. The number of hydrogen-bond acceptors (Lipinski definition) is 5. The lowest BCUT2D eigenvalue weighted by Gasteiger charge is -2.15. The highest BCUT2D eigenvalue weighted by molar-refractivity contribution is 5.44. The van der Waals surface area contributed by atoms with E-state index in [4.69, 9.17) is 0 Å². The first-order valence-electron chi connectivity index (χ1n) is 7.36. The molecule has 3 heterocycles. The van der Waals surface area contributed by atoms with E-state index < -0.39 is 12.0 Å². The van der Waals surface area contributed by atoms with E-state index in [9.17, 15) is 13.2 Å². The molecule has 0 saturated heterocycles. The molecule has 3 aromatic heterocycles. The number of aryl methyl sites for hydroxylation is 1. The van der Waals surface area contributed by atoms with E-state index in [0.717, 1.165) is 12.4 Å². The van der Waals surface area contributed by atoms with Gasteiger partial charge in [0.2, 0.25) is 0 Å². The van der Waals surface area contributed by atoms with Crippen molar-refractivity contribution in [1.29, 1.82) is 0 Å². The normalized spacial score (nSPS) is 13.4. The molecule has 0 aliphatic heterocycles. The van der Waals surface area contributed by atoms with Crippen molar-refractivity contribution in [3.05, 3.63) is 36.2 Å². The lowest BCUT2D eigenvalue weighted by molar-refractivity contribution is -0.146. The van der Waals surface area contributed by atoms with Crippen LogP contribution in [0.5, 0.6) is 0 Å². The Morgan fingerprint density at radius 2 is 2.04 bits per heavy atom. The SMILES string of the molecule is Cc1nccn1C[C@H](C)CNc1ccc2nnc(C(F)(F)F)n2n1. The summed E-state index contributed by atoms with van der Waals surface area (Å²) < 4.78 is 41.3. The molecule has 3 aromatic rings. The summed E-state index contributed by atoms with van der Waals surface area (Å²) in [6, 6.07) is 3.03. The molecule has 3 rings (SSSR count). The van der Waals surface area contributed by atoms with Gasteiger partial charge in [-0.25, -0.2) is 4.98 Å². The summed E-state index contributed by atoms with van der Waals surface area (Å²) >= 11 is 0. The van der Waals surface area contributed by atoms with E-state index in [0.29, 0.717) is 16.9 Å². The average Bonchev–Trinajstić information content (AvgIpc) is 3.11. The van der Waals surface area contributed by atoms with Crippen molar-refractivity contribution in [2.45, 2.75) is 26.6 Å². The Morgan fingerprint density at radius 3 is 2.71 bits per heavy atom. The number of halogens is 3. The van der Waals surface area contributed by atoms with E-state index in [1.807, 2.05) is 24.6 Å². The molecule has 1 N–H and O–H groups in total. The van der Waals surface area contributed by atoms with Crippen LogP contribution in [-0.4, -0.2) is 35.9 Å². The lowest BCUT2D eigenvalue weighted by atomic mass is 10.2. The van der Waals surface area contributed by atoms with E-state index in [-0.39, 0.29) is 11.6 Å². The zero-order valence-corrected chi connectivity index (χ0v) is 13.1. The smallest absolute Gasteiger partial charge is 0.368 e. The van der Waals surface area contributed by atoms with Crippen LogP contribution in [0.1, 0.15) is 18.6 Å². The summed E-state index contributed by atoms with van der Waals surface area (Å²) in [6.07, 6.45) is -0.976. The standard InChI is InChI=1S/C14H16F3N7/c1-9(8-23-6-5-18-10(23)2)7-19-11-3-4-12-20-21-13(14(15,16)17)24(12)22-11/h3-6,9H,7-8H2,1-2H3,(H,19,22)/t9-/m1/s1. The van der Waals surface area contributed by atoms with Crippen LogP contribution in [0, 0.1) is 12.8 Å². The molecule has 0 aromatic carbocycles. The molecule has 24 heavy (non-hydrogen) atoms. The summed E-state index contributed by atoms with van der Waals surface area (Å²) in [6.45, 7) is 5.26. The number of nitrogens with one attached hydrogen (secondary N) is 1. The highest BCUT2D eigenvalue weighted by Crippen LogP contribution is 2.27. The van der Waals surface area contributed by atoms with Gasteiger partial charge >= 0.3 is 6.18 Å². The Kier molecular flexibility index (Phi) is 4.12. The van der Waals surface area contributed by atoms with Crippen molar-refractivity contribution >= 4 is 11.5 Å². The molecule has 0 fully saturated rings. The molecule has 0 saturated carbocycles. The van der Waals surface area contributed by atoms with Crippen LogP contribution in [0.4, 0.5) is 19.0 Å². The van der Waals surface area contributed by atoms with Gasteiger partial charge in [-0.2, -0.15) is 17.7 Å². The third kappa shape index (κ3) is 3.31. The maximum absolute atomic E-state index is 12.9. The number of alkyl halides is 3. The number of anilines is 1. The Labute approximate surface area is 135 Å². The highest BCUT2D eigenvalue weighted by Gasteiger charge is 2.37. The number of nitrogens with zero attached hydrogens (tertiary/aromatic N) is 6. The highest BCUT2D eigenvalue weighted by atomic mass is 19.4. The van der Waals surface area contributed by atoms with Gasteiger partial charge in [0.15, 0.2) is 5.65 Å². The molecule has 0 amide bonds. The molecular weight excluding hydrogens is 323 g/mol. The minimum Gasteiger partial charge on any atom is -0.368 e. The Morgan fingerprint density at radius 1 is 1.25 bits per heavy atom. The van der Waals surface area contributed by atoms with Gasteiger partial charge in [-0.1, -0.05) is 6.92 Å². The number of aromatic nitrogens is 6. The summed E-state index contributed by atoms with van der Waals surface area (Å²) in [5.74, 6) is 0.351. The van der Waals surface area contributed by atoms with Gasteiger partial charge in [-0.3, -0.25) is 0 Å². The molecule has 0 radical (unpaired) electrons. The molecule has 0 aliphatic carbocycles. The fourth-order valence-corrected chi connectivity index (χ4v) is 2.34. The maximum Gasteiger partial charge on any atom is 0.453 e. The van der Waals surface area contributed by atoms with Crippen LogP contribution in [0.3, 0.4) is 0 Å². The van der Waals surface area contributed by atoms with Gasteiger partial charge in [-0.05, 0) is 25.0 Å². The summed E-state index contributed by atoms with van der Waals surface area (Å²) in [7, 11) is 0. The van der Waals surface area contributed by atoms with Gasteiger partial charge in [0.1, 0.15) is 11.6 Å². The fraction of sp³-hybridized carbons (Fsp3) is 0.429. The van der Waals surface area contributed by atoms with Crippen LogP contribution in [0.15, 0.2) is 24.5 Å². The number of imidazole rings is 1. The first-order valence-corrected chi connectivity index (χ1v) is 7.36. The van der Waals surface area contributed by atoms with Gasteiger partial charge < -0.3 is 9.88 Å². The topological polar surface area (TPSA) is 72.9 Å². The number of hydrogen-bond donors (Lipinski definition) is 1. The maximum atomic E-state index is 12.9. The van der Waals surface area contributed by atoms with Crippen LogP contribution < -0.4 is 5.32 Å². The second-order valence-corrected chi connectivity index (χ2v) is 5.62. The van der Waals surface area contributed by atoms with Crippen LogP contribution in [-0.2, 0) is 12.7 Å². The lowest BCUT2D eigenvalue weighted by Crippen LogP contribution is -2.19. The van der Waals surface area contributed by atoms with Crippen molar-refractivity contribution in [3.8, 4) is 0 Å². The van der Waals surface area contributed by atoms with Crippen LogP contribution >= 0.6 is 0 Å². The monoisotopic (exact) mass is 339 g/mol. The molecule has 128 valence electrons. The van der Waals surface area contributed by atoms with Crippen LogP contribution in [0.2, 0.25) is 0 Å². The van der Waals surface area contributed by atoms with Gasteiger partial charge in [0.25, 0.3) is 5.82 Å². The third-order valence-corrected chi connectivity index (χ3v) is 3.58. The number of fused-ring (bicyclic) bond motifs is 1. The summed E-state index contributed by atoms with van der Waals surface area (Å²) in [5, 5.41) is 13.6. The third-order valence-electron chi connectivity index (χ3n) is 3.58. The molecular formula is C14H16F3N7. The fourth-order valence-electron chi connectivity index (χ4n) is 2.34. The summed E-state index contributed by atoms with van der Waals surface area (Å²) in [4.78, 5) is 4.16. The van der Waals surface area contributed by atoms with E-state index >= 15 is 0 Å². The molecule has 7 nitrogen and oxygen atoms in total. The predicted octanol–water partition coefficient (Wildman–Crippen LogP) is 2.40.